The Morgan fingerprint density at radius 1 is 1.53 bits per heavy atom. The van der Waals surface area contributed by atoms with Crippen molar-refractivity contribution in [2.24, 2.45) is 0 Å². The molecule has 3 nitrogen and oxygen atoms in total. The third kappa shape index (κ3) is 1.79. The lowest BCUT2D eigenvalue weighted by atomic mass is 10.2. The van der Waals surface area contributed by atoms with Crippen LogP contribution >= 0.6 is 15.9 Å². The van der Waals surface area contributed by atoms with Crippen molar-refractivity contribution in [3.63, 3.8) is 0 Å². The van der Waals surface area contributed by atoms with Crippen LogP contribution in [0.2, 0.25) is 0 Å². The normalized spacial score (nSPS) is 10.1. The Labute approximate surface area is 94.9 Å². The molecule has 1 aromatic heterocycles. The minimum atomic E-state index is -0.112. The first kappa shape index (κ1) is 9.94. The van der Waals surface area contributed by atoms with E-state index in [1.54, 1.807) is 12.1 Å². The van der Waals surface area contributed by atoms with Crippen LogP contribution in [0.4, 0.5) is 0 Å². The Hall–Kier alpha value is -1.60. The molecule has 1 heterocycles. The fraction of sp³-hybridized carbons (Fsp3) is 0.0909. The monoisotopic (exact) mass is 262 g/mol. The summed E-state index contributed by atoms with van der Waals surface area (Å²) in [4.78, 5) is 16.0. The van der Waals surface area contributed by atoms with E-state index < -0.39 is 0 Å². The van der Waals surface area contributed by atoms with Crippen LogP contribution in [0.1, 0.15) is 0 Å². The van der Waals surface area contributed by atoms with Crippen LogP contribution < -0.4 is 5.56 Å². The number of aromatic nitrogens is 2. The third-order valence-corrected chi connectivity index (χ3v) is 2.54. The Morgan fingerprint density at radius 2 is 2.33 bits per heavy atom. The van der Waals surface area contributed by atoms with E-state index in [9.17, 15) is 4.79 Å². The molecule has 2 rings (SSSR count). The van der Waals surface area contributed by atoms with E-state index in [2.05, 4.69) is 26.8 Å². The van der Waals surface area contributed by atoms with Crippen LogP contribution in [0.5, 0.6) is 0 Å². The second-order valence-electron chi connectivity index (χ2n) is 3.04. The topological polar surface area (TPSA) is 34.9 Å². The number of rotatable bonds is 1. The molecule has 15 heavy (non-hydrogen) atoms. The Kier molecular flexibility index (Phi) is 2.57. The molecule has 0 amide bonds. The van der Waals surface area contributed by atoms with E-state index in [0.29, 0.717) is 10.9 Å². The summed E-state index contributed by atoms with van der Waals surface area (Å²) in [5.74, 6) is 2.42. The molecule has 0 unspecified atom stereocenters. The van der Waals surface area contributed by atoms with Gasteiger partial charge in [-0.1, -0.05) is 21.9 Å². The van der Waals surface area contributed by atoms with Crippen LogP contribution in [0, 0.1) is 12.3 Å². The molecule has 2 aromatic rings. The van der Waals surface area contributed by atoms with Crippen molar-refractivity contribution in [1.82, 2.24) is 9.55 Å². The van der Waals surface area contributed by atoms with Gasteiger partial charge in [-0.3, -0.25) is 9.36 Å². The molecule has 0 saturated heterocycles. The second kappa shape index (κ2) is 3.87. The quantitative estimate of drug-likeness (QED) is 0.735. The number of fused-ring (bicyclic) bond motifs is 1. The van der Waals surface area contributed by atoms with Gasteiger partial charge in [0.15, 0.2) is 0 Å². The van der Waals surface area contributed by atoms with E-state index in [1.807, 2.05) is 6.07 Å². The highest BCUT2D eigenvalue weighted by Crippen LogP contribution is 2.14. The van der Waals surface area contributed by atoms with Crippen molar-refractivity contribution in [3.8, 4) is 12.3 Å². The van der Waals surface area contributed by atoms with Gasteiger partial charge in [0, 0.05) is 4.47 Å². The van der Waals surface area contributed by atoms with Crippen LogP contribution in [-0.2, 0) is 6.54 Å². The average Bonchev–Trinajstić information content (AvgIpc) is 2.23. The summed E-state index contributed by atoms with van der Waals surface area (Å²) in [5.41, 5.74) is 0.565. The van der Waals surface area contributed by atoms with Gasteiger partial charge in [0.1, 0.15) is 0 Å². The minimum absolute atomic E-state index is 0.112. The maximum Gasteiger partial charge on any atom is 0.262 e. The summed E-state index contributed by atoms with van der Waals surface area (Å²) in [6.45, 7) is 0.244. The predicted molar refractivity (Wildman–Crippen MR) is 62.5 cm³/mol. The molecular weight excluding hydrogens is 256 g/mol. The smallest absolute Gasteiger partial charge is 0.262 e. The van der Waals surface area contributed by atoms with Crippen molar-refractivity contribution in [1.29, 1.82) is 0 Å². The second-order valence-corrected chi connectivity index (χ2v) is 3.96. The van der Waals surface area contributed by atoms with Crippen LogP contribution in [-0.4, -0.2) is 9.55 Å². The first-order chi connectivity index (χ1) is 7.22. The predicted octanol–water partition coefficient (Wildman–Crippen LogP) is 1.79. The number of hydrogen-bond acceptors (Lipinski definition) is 2. The SMILES string of the molecule is C#CCn1cnc2ccc(Br)cc2c1=O. The fourth-order valence-corrected chi connectivity index (χ4v) is 1.70. The van der Waals surface area contributed by atoms with Crippen molar-refractivity contribution in [2.75, 3.05) is 0 Å². The maximum absolute atomic E-state index is 11.9. The lowest BCUT2D eigenvalue weighted by molar-refractivity contribution is 0.783. The van der Waals surface area contributed by atoms with Crippen molar-refractivity contribution in [3.05, 3.63) is 39.4 Å². The highest BCUT2D eigenvalue weighted by molar-refractivity contribution is 9.10. The number of nitrogens with zero attached hydrogens (tertiary/aromatic N) is 2. The van der Waals surface area contributed by atoms with Gasteiger partial charge >= 0.3 is 0 Å². The summed E-state index contributed by atoms with van der Waals surface area (Å²) in [6, 6.07) is 5.39. The number of hydrogen-bond donors (Lipinski definition) is 0. The summed E-state index contributed by atoms with van der Waals surface area (Å²) < 4.78 is 2.27. The molecule has 4 heteroatoms. The zero-order valence-corrected chi connectivity index (χ0v) is 9.36. The third-order valence-electron chi connectivity index (χ3n) is 2.05. The largest absolute Gasteiger partial charge is 0.287 e. The summed E-state index contributed by atoms with van der Waals surface area (Å²) in [6.07, 6.45) is 6.63. The number of terminal acetylenes is 1. The van der Waals surface area contributed by atoms with Crippen molar-refractivity contribution >= 4 is 26.8 Å². The highest BCUT2D eigenvalue weighted by Gasteiger charge is 2.03. The maximum atomic E-state index is 11.9. The first-order valence-corrected chi connectivity index (χ1v) is 5.10. The molecule has 74 valence electrons. The Bertz CT molecular complexity index is 610. The Balaban J connectivity index is 2.78. The van der Waals surface area contributed by atoms with E-state index in [4.69, 9.17) is 6.42 Å². The van der Waals surface area contributed by atoms with Gasteiger partial charge in [0.05, 0.1) is 23.8 Å². The minimum Gasteiger partial charge on any atom is -0.287 e. The van der Waals surface area contributed by atoms with E-state index in [0.717, 1.165) is 4.47 Å². The van der Waals surface area contributed by atoms with Gasteiger partial charge in [0.2, 0.25) is 0 Å². The van der Waals surface area contributed by atoms with Crippen LogP contribution in [0.25, 0.3) is 10.9 Å². The molecule has 0 atom stereocenters. The summed E-state index contributed by atoms with van der Waals surface area (Å²) in [7, 11) is 0. The molecule has 0 saturated carbocycles. The molecule has 1 aromatic carbocycles. The molecule has 0 aliphatic carbocycles. The van der Waals surface area contributed by atoms with Gasteiger partial charge in [0.25, 0.3) is 5.56 Å². The average molecular weight is 263 g/mol. The molecular formula is C11H7BrN2O. The molecule has 0 aliphatic rings. The lowest BCUT2D eigenvalue weighted by Gasteiger charge is -2.02. The van der Waals surface area contributed by atoms with Gasteiger partial charge in [-0.25, -0.2) is 4.98 Å². The van der Waals surface area contributed by atoms with Crippen molar-refractivity contribution < 1.29 is 0 Å². The standard InChI is InChI=1S/C11H7BrN2O/c1-2-5-14-7-13-10-4-3-8(12)6-9(10)11(14)15/h1,3-4,6-7H,5H2. The highest BCUT2D eigenvalue weighted by atomic mass is 79.9. The Morgan fingerprint density at radius 3 is 3.07 bits per heavy atom. The summed E-state index contributed by atoms with van der Waals surface area (Å²) in [5, 5.41) is 0.571. The van der Waals surface area contributed by atoms with Gasteiger partial charge in [-0.2, -0.15) is 0 Å². The molecule has 0 aliphatic heterocycles. The first-order valence-electron chi connectivity index (χ1n) is 4.30. The zero-order valence-electron chi connectivity index (χ0n) is 7.77. The van der Waals surface area contributed by atoms with E-state index in [-0.39, 0.29) is 12.1 Å². The number of halogens is 1. The fourth-order valence-electron chi connectivity index (χ4n) is 1.34. The summed E-state index contributed by atoms with van der Waals surface area (Å²) >= 11 is 3.31. The molecule has 0 radical (unpaired) electrons. The molecule has 0 spiro atoms. The van der Waals surface area contributed by atoms with E-state index in [1.165, 1.54) is 10.9 Å². The van der Waals surface area contributed by atoms with Gasteiger partial charge in [-0.05, 0) is 18.2 Å². The van der Waals surface area contributed by atoms with Crippen LogP contribution in [0.15, 0.2) is 33.8 Å². The van der Waals surface area contributed by atoms with E-state index >= 15 is 0 Å². The van der Waals surface area contributed by atoms with Gasteiger partial charge in [-0.15, -0.1) is 6.42 Å². The lowest BCUT2D eigenvalue weighted by Crippen LogP contribution is -2.19. The number of benzene rings is 1. The van der Waals surface area contributed by atoms with Crippen molar-refractivity contribution in [2.45, 2.75) is 6.54 Å². The molecule has 0 bridgehead atoms. The molecule has 0 N–H and O–H groups in total. The van der Waals surface area contributed by atoms with Gasteiger partial charge < -0.3 is 0 Å². The zero-order chi connectivity index (χ0) is 10.8. The molecule has 0 fully saturated rings. The van der Waals surface area contributed by atoms with Crippen LogP contribution in [0.3, 0.4) is 0 Å².